The lowest BCUT2D eigenvalue weighted by molar-refractivity contribution is -0.190. The van der Waals surface area contributed by atoms with Gasteiger partial charge in [0.25, 0.3) is 0 Å². The first-order valence-electron chi connectivity index (χ1n) is 10.1. The number of methoxy groups -OCH3 is 1. The number of aromatic nitrogens is 1. The largest absolute Gasteiger partial charge is 0.467 e. The summed E-state index contributed by atoms with van der Waals surface area (Å²) >= 11 is 0. The van der Waals surface area contributed by atoms with Gasteiger partial charge in [0.05, 0.1) is 7.11 Å². The maximum absolute atomic E-state index is 14.2. The van der Waals surface area contributed by atoms with Crippen molar-refractivity contribution in [2.24, 2.45) is 0 Å². The molecule has 2 atom stereocenters. The average molecular weight is 438 g/mol. The molecule has 8 heteroatoms. The van der Waals surface area contributed by atoms with Crippen LogP contribution in [0.15, 0.2) is 30.3 Å². The van der Waals surface area contributed by atoms with Crippen LogP contribution in [0.3, 0.4) is 0 Å². The number of carbonyl (C=O) groups is 2. The SMILES string of the molecule is CCc1c(C)[nH]c(C(C)(CC(=O)N[C@@H](Cc2ccccc2)C(=O)OC)C(F)(F)F)c1C. The van der Waals surface area contributed by atoms with Crippen molar-refractivity contribution in [3.05, 3.63) is 58.4 Å². The van der Waals surface area contributed by atoms with E-state index in [1.165, 1.54) is 7.11 Å². The highest BCUT2D eigenvalue weighted by Gasteiger charge is 2.55. The van der Waals surface area contributed by atoms with Gasteiger partial charge in [-0.2, -0.15) is 13.2 Å². The van der Waals surface area contributed by atoms with Crippen molar-refractivity contribution < 1.29 is 27.5 Å². The Morgan fingerprint density at radius 2 is 1.77 bits per heavy atom. The monoisotopic (exact) mass is 438 g/mol. The van der Waals surface area contributed by atoms with Gasteiger partial charge in [0.15, 0.2) is 0 Å². The van der Waals surface area contributed by atoms with E-state index in [0.29, 0.717) is 17.7 Å². The van der Waals surface area contributed by atoms with Crippen molar-refractivity contribution in [1.82, 2.24) is 10.3 Å². The molecule has 170 valence electrons. The van der Waals surface area contributed by atoms with Gasteiger partial charge in [-0.3, -0.25) is 4.79 Å². The predicted octanol–water partition coefficient (Wildman–Crippen LogP) is 4.30. The molecule has 0 aliphatic carbocycles. The molecule has 0 aliphatic heterocycles. The van der Waals surface area contributed by atoms with Crippen molar-refractivity contribution in [3.63, 3.8) is 0 Å². The summed E-state index contributed by atoms with van der Waals surface area (Å²) < 4.78 is 47.3. The molecule has 0 aliphatic rings. The molecule has 2 N–H and O–H groups in total. The topological polar surface area (TPSA) is 71.2 Å². The Morgan fingerprint density at radius 1 is 1.16 bits per heavy atom. The van der Waals surface area contributed by atoms with Crippen molar-refractivity contribution in [2.45, 2.75) is 64.6 Å². The van der Waals surface area contributed by atoms with Gasteiger partial charge < -0.3 is 15.0 Å². The fraction of sp³-hybridized carbons (Fsp3) is 0.478. The molecule has 1 aromatic carbocycles. The Bertz CT molecular complexity index is 922. The molecule has 1 heterocycles. The van der Waals surface area contributed by atoms with Gasteiger partial charge in [-0.15, -0.1) is 0 Å². The fourth-order valence-electron chi connectivity index (χ4n) is 3.95. The number of esters is 1. The van der Waals surface area contributed by atoms with E-state index in [1.807, 2.05) is 6.92 Å². The minimum absolute atomic E-state index is 0.0258. The van der Waals surface area contributed by atoms with Crippen LogP contribution in [0.2, 0.25) is 0 Å². The lowest BCUT2D eigenvalue weighted by Crippen LogP contribution is -2.49. The molecule has 0 fully saturated rings. The highest BCUT2D eigenvalue weighted by Crippen LogP contribution is 2.45. The standard InChI is InChI=1S/C23H29F3N2O3/c1-6-17-14(2)20(27-15(17)3)22(4,23(24,25)26)13-19(29)28-18(21(30)31-5)12-16-10-8-7-9-11-16/h7-11,18,27H,6,12-13H2,1-5H3,(H,28,29)/t18-,22?/m0/s1. The summed E-state index contributed by atoms with van der Waals surface area (Å²) in [6, 6.07) is 7.78. The Morgan fingerprint density at radius 3 is 2.26 bits per heavy atom. The van der Waals surface area contributed by atoms with Crippen LogP contribution in [-0.2, 0) is 32.6 Å². The van der Waals surface area contributed by atoms with Gasteiger partial charge in [0, 0.05) is 24.2 Å². The molecule has 2 rings (SSSR count). The van der Waals surface area contributed by atoms with Gasteiger partial charge in [-0.1, -0.05) is 37.3 Å². The van der Waals surface area contributed by atoms with Crippen LogP contribution in [0, 0.1) is 13.8 Å². The molecule has 1 amide bonds. The summed E-state index contributed by atoms with van der Waals surface area (Å²) in [5.74, 6) is -1.60. The van der Waals surface area contributed by atoms with Crippen LogP contribution in [-0.4, -0.2) is 36.2 Å². The third kappa shape index (κ3) is 5.29. The summed E-state index contributed by atoms with van der Waals surface area (Å²) in [5, 5.41) is 2.44. The zero-order valence-electron chi connectivity index (χ0n) is 18.4. The molecule has 31 heavy (non-hydrogen) atoms. The minimum Gasteiger partial charge on any atom is -0.467 e. The van der Waals surface area contributed by atoms with E-state index >= 15 is 0 Å². The van der Waals surface area contributed by atoms with E-state index < -0.39 is 35.9 Å². The number of ether oxygens (including phenoxy) is 1. The highest BCUT2D eigenvalue weighted by molar-refractivity contribution is 5.85. The maximum Gasteiger partial charge on any atom is 0.400 e. The number of aromatic amines is 1. The van der Waals surface area contributed by atoms with Crippen LogP contribution < -0.4 is 5.32 Å². The number of rotatable bonds is 8. The fourth-order valence-corrected chi connectivity index (χ4v) is 3.95. The van der Waals surface area contributed by atoms with Crippen molar-refractivity contribution in [3.8, 4) is 0 Å². The second-order valence-corrected chi connectivity index (χ2v) is 7.92. The normalized spacial score (nSPS) is 14.6. The minimum atomic E-state index is -4.68. The lowest BCUT2D eigenvalue weighted by Gasteiger charge is -2.32. The lowest BCUT2D eigenvalue weighted by atomic mass is 9.79. The second kappa shape index (κ2) is 9.58. The summed E-state index contributed by atoms with van der Waals surface area (Å²) in [6.07, 6.45) is -4.85. The molecule has 2 aromatic rings. The Balaban J connectivity index is 2.32. The summed E-state index contributed by atoms with van der Waals surface area (Å²) in [5.41, 5.74) is 0.251. The molecule has 1 aromatic heterocycles. The van der Waals surface area contributed by atoms with E-state index in [0.717, 1.165) is 18.1 Å². The molecular weight excluding hydrogens is 409 g/mol. The quantitative estimate of drug-likeness (QED) is 0.604. The second-order valence-electron chi connectivity index (χ2n) is 7.92. The number of amides is 1. The number of nitrogens with one attached hydrogen (secondary N) is 2. The first-order valence-corrected chi connectivity index (χ1v) is 10.1. The van der Waals surface area contributed by atoms with E-state index in [1.54, 1.807) is 44.2 Å². The number of halogens is 3. The van der Waals surface area contributed by atoms with Crippen LogP contribution in [0.5, 0.6) is 0 Å². The molecule has 0 bridgehead atoms. The van der Waals surface area contributed by atoms with Gasteiger partial charge in [0.1, 0.15) is 11.5 Å². The van der Waals surface area contributed by atoms with E-state index in [-0.39, 0.29) is 12.1 Å². The molecular formula is C23H29F3N2O3. The maximum atomic E-state index is 14.2. The number of hydrogen-bond acceptors (Lipinski definition) is 3. The summed E-state index contributed by atoms with van der Waals surface area (Å²) in [4.78, 5) is 27.8. The van der Waals surface area contributed by atoms with Crippen LogP contribution >= 0.6 is 0 Å². The van der Waals surface area contributed by atoms with E-state index in [4.69, 9.17) is 4.74 Å². The number of benzene rings is 1. The molecule has 0 spiro atoms. The van der Waals surface area contributed by atoms with Crippen LogP contribution in [0.4, 0.5) is 13.2 Å². The third-order valence-electron chi connectivity index (χ3n) is 5.74. The van der Waals surface area contributed by atoms with E-state index in [9.17, 15) is 22.8 Å². The highest BCUT2D eigenvalue weighted by atomic mass is 19.4. The van der Waals surface area contributed by atoms with Crippen LogP contribution in [0.1, 0.15) is 48.3 Å². The summed E-state index contributed by atoms with van der Waals surface area (Å²) in [7, 11) is 1.17. The number of H-pyrrole nitrogens is 1. The van der Waals surface area contributed by atoms with Crippen molar-refractivity contribution in [2.75, 3.05) is 7.11 Å². The van der Waals surface area contributed by atoms with Crippen molar-refractivity contribution in [1.29, 1.82) is 0 Å². The third-order valence-corrected chi connectivity index (χ3v) is 5.74. The Kier molecular flexibility index (Phi) is 7.57. The Labute approximate surface area is 180 Å². The first kappa shape index (κ1) is 24.5. The molecule has 1 unspecified atom stereocenters. The zero-order chi connectivity index (χ0) is 23.4. The molecule has 5 nitrogen and oxygen atoms in total. The molecule has 0 saturated heterocycles. The van der Waals surface area contributed by atoms with E-state index in [2.05, 4.69) is 10.3 Å². The average Bonchev–Trinajstić information content (AvgIpc) is 3.00. The van der Waals surface area contributed by atoms with Gasteiger partial charge in [-0.05, 0) is 43.9 Å². The van der Waals surface area contributed by atoms with Gasteiger partial charge >= 0.3 is 12.1 Å². The van der Waals surface area contributed by atoms with Crippen molar-refractivity contribution >= 4 is 11.9 Å². The Hall–Kier alpha value is -2.77. The first-order chi connectivity index (χ1) is 14.4. The molecule has 0 saturated carbocycles. The molecule has 0 radical (unpaired) electrons. The van der Waals surface area contributed by atoms with Gasteiger partial charge in [0.2, 0.25) is 5.91 Å². The number of hydrogen-bond donors (Lipinski definition) is 2. The number of alkyl halides is 3. The number of aryl methyl sites for hydroxylation is 1. The smallest absolute Gasteiger partial charge is 0.400 e. The zero-order valence-corrected chi connectivity index (χ0v) is 18.4. The predicted molar refractivity (Wildman–Crippen MR) is 112 cm³/mol. The van der Waals surface area contributed by atoms with Gasteiger partial charge in [-0.25, -0.2) is 4.79 Å². The number of carbonyl (C=O) groups excluding carboxylic acids is 2. The van der Waals surface area contributed by atoms with Crippen LogP contribution in [0.25, 0.3) is 0 Å². The summed E-state index contributed by atoms with van der Waals surface area (Å²) in [6.45, 7) is 6.23.